The van der Waals surface area contributed by atoms with E-state index in [0.29, 0.717) is 28.9 Å². The van der Waals surface area contributed by atoms with Gasteiger partial charge in [0.1, 0.15) is 6.61 Å². The van der Waals surface area contributed by atoms with Gasteiger partial charge in [0.15, 0.2) is 0 Å². The SMILES string of the molecule is COCC(=O)N1N=C(c2cccc(NS(C)(=O)=O)c2)C[C@@H]1c1cccc([N+](=O)[O-])c1. The minimum Gasteiger partial charge on any atom is -0.375 e. The number of carbonyl (C=O) groups is 1. The van der Waals surface area contributed by atoms with Crippen molar-refractivity contribution in [2.45, 2.75) is 12.5 Å². The summed E-state index contributed by atoms with van der Waals surface area (Å²) in [4.78, 5) is 23.2. The fraction of sp³-hybridized carbons (Fsp3) is 0.263. The monoisotopic (exact) mass is 432 g/mol. The minimum absolute atomic E-state index is 0.0839. The lowest BCUT2D eigenvalue weighted by Gasteiger charge is -2.21. The van der Waals surface area contributed by atoms with Crippen molar-refractivity contribution in [3.63, 3.8) is 0 Å². The summed E-state index contributed by atoms with van der Waals surface area (Å²) in [7, 11) is -2.06. The predicted octanol–water partition coefficient (Wildman–Crippen LogP) is 2.29. The van der Waals surface area contributed by atoms with Crippen LogP contribution < -0.4 is 4.72 Å². The molecule has 1 N–H and O–H groups in total. The van der Waals surface area contributed by atoms with Gasteiger partial charge in [-0.05, 0) is 23.3 Å². The first kappa shape index (κ1) is 21.4. The summed E-state index contributed by atoms with van der Waals surface area (Å²) in [6.07, 6.45) is 1.36. The third kappa shape index (κ3) is 4.99. The number of nitrogens with one attached hydrogen (secondary N) is 1. The topological polar surface area (TPSA) is 131 Å². The largest absolute Gasteiger partial charge is 0.375 e. The quantitative estimate of drug-likeness (QED) is 0.527. The summed E-state index contributed by atoms with van der Waals surface area (Å²) in [5.41, 5.74) is 2.03. The van der Waals surface area contributed by atoms with Crippen molar-refractivity contribution in [3.8, 4) is 0 Å². The molecule has 11 heteroatoms. The van der Waals surface area contributed by atoms with Crippen molar-refractivity contribution < 1.29 is 22.9 Å². The number of hydrogen-bond donors (Lipinski definition) is 1. The van der Waals surface area contributed by atoms with Gasteiger partial charge in [0.05, 0.1) is 22.9 Å². The summed E-state index contributed by atoms with van der Waals surface area (Å²) in [5, 5.41) is 16.8. The van der Waals surface area contributed by atoms with Gasteiger partial charge in [-0.25, -0.2) is 13.4 Å². The molecule has 30 heavy (non-hydrogen) atoms. The van der Waals surface area contributed by atoms with Crippen LogP contribution in [0.2, 0.25) is 0 Å². The number of nitro benzene ring substituents is 1. The van der Waals surface area contributed by atoms with Crippen LogP contribution in [-0.2, 0) is 19.6 Å². The molecule has 2 aromatic rings. The molecule has 1 heterocycles. The van der Waals surface area contributed by atoms with E-state index in [1.165, 1.54) is 24.3 Å². The average Bonchev–Trinajstić information content (AvgIpc) is 3.13. The highest BCUT2D eigenvalue weighted by molar-refractivity contribution is 7.92. The zero-order valence-electron chi connectivity index (χ0n) is 16.3. The molecule has 10 nitrogen and oxygen atoms in total. The number of carbonyl (C=O) groups excluding carboxylic acids is 1. The maximum Gasteiger partial charge on any atom is 0.269 e. The van der Waals surface area contributed by atoms with E-state index in [0.717, 1.165) is 6.26 Å². The summed E-state index contributed by atoms with van der Waals surface area (Å²) >= 11 is 0. The molecule has 158 valence electrons. The lowest BCUT2D eigenvalue weighted by Crippen LogP contribution is -2.30. The van der Waals surface area contributed by atoms with Gasteiger partial charge in [0, 0.05) is 31.4 Å². The maximum absolute atomic E-state index is 12.5. The molecule has 0 aliphatic carbocycles. The van der Waals surface area contributed by atoms with Gasteiger partial charge in [0.25, 0.3) is 11.6 Å². The second-order valence-electron chi connectivity index (χ2n) is 6.75. The van der Waals surface area contributed by atoms with E-state index in [1.54, 1.807) is 36.4 Å². The lowest BCUT2D eigenvalue weighted by molar-refractivity contribution is -0.384. The Labute approximate surface area is 173 Å². The van der Waals surface area contributed by atoms with E-state index in [2.05, 4.69) is 9.82 Å². The van der Waals surface area contributed by atoms with Crippen molar-refractivity contribution in [2.75, 3.05) is 24.7 Å². The van der Waals surface area contributed by atoms with E-state index in [-0.39, 0.29) is 12.3 Å². The normalized spacial score (nSPS) is 16.3. The van der Waals surface area contributed by atoms with Crippen LogP contribution in [0.4, 0.5) is 11.4 Å². The number of hydrazone groups is 1. The molecule has 1 aliphatic heterocycles. The number of nitro groups is 1. The van der Waals surface area contributed by atoms with Crippen LogP contribution >= 0.6 is 0 Å². The van der Waals surface area contributed by atoms with Gasteiger partial charge < -0.3 is 4.74 Å². The van der Waals surface area contributed by atoms with Gasteiger partial charge in [-0.15, -0.1) is 0 Å². The molecule has 0 radical (unpaired) electrons. The number of methoxy groups -OCH3 is 1. The van der Waals surface area contributed by atoms with Gasteiger partial charge in [-0.1, -0.05) is 24.3 Å². The zero-order chi connectivity index (χ0) is 21.9. The molecule has 3 rings (SSSR count). The van der Waals surface area contributed by atoms with Crippen LogP contribution in [0.3, 0.4) is 0 Å². The Morgan fingerprint density at radius 1 is 1.30 bits per heavy atom. The number of rotatable bonds is 7. The van der Waals surface area contributed by atoms with Crippen LogP contribution in [0.25, 0.3) is 0 Å². The first-order valence-corrected chi connectivity index (χ1v) is 10.8. The molecule has 0 spiro atoms. The zero-order valence-corrected chi connectivity index (χ0v) is 17.1. The number of ether oxygens (including phenoxy) is 1. The highest BCUT2D eigenvalue weighted by atomic mass is 32.2. The highest BCUT2D eigenvalue weighted by Gasteiger charge is 2.33. The van der Waals surface area contributed by atoms with Gasteiger partial charge >= 0.3 is 0 Å². The minimum atomic E-state index is -3.45. The number of hydrogen-bond acceptors (Lipinski definition) is 7. The van der Waals surface area contributed by atoms with E-state index < -0.39 is 26.9 Å². The Morgan fingerprint density at radius 2 is 2.03 bits per heavy atom. The fourth-order valence-electron chi connectivity index (χ4n) is 3.19. The molecular formula is C19H20N4O6S. The fourth-order valence-corrected chi connectivity index (χ4v) is 3.74. The highest BCUT2D eigenvalue weighted by Crippen LogP contribution is 2.34. The van der Waals surface area contributed by atoms with Crippen molar-refractivity contribution in [1.82, 2.24) is 5.01 Å². The van der Waals surface area contributed by atoms with Crippen LogP contribution in [0.5, 0.6) is 0 Å². The van der Waals surface area contributed by atoms with Gasteiger partial charge in [0.2, 0.25) is 10.0 Å². The number of nitrogens with zero attached hydrogens (tertiary/aromatic N) is 3. The van der Waals surface area contributed by atoms with Crippen molar-refractivity contribution >= 4 is 33.0 Å². The van der Waals surface area contributed by atoms with Crippen molar-refractivity contribution in [2.24, 2.45) is 5.10 Å². The Balaban J connectivity index is 1.97. The van der Waals surface area contributed by atoms with Gasteiger partial charge in [-0.3, -0.25) is 19.6 Å². The second kappa shape index (κ2) is 8.59. The molecule has 0 aromatic heterocycles. The molecular weight excluding hydrogens is 412 g/mol. The number of anilines is 1. The number of benzene rings is 2. The number of sulfonamides is 1. The third-order valence-electron chi connectivity index (χ3n) is 4.40. The average molecular weight is 432 g/mol. The van der Waals surface area contributed by atoms with E-state index in [4.69, 9.17) is 4.74 Å². The molecule has 1 aliphatic rings. The third-order valence-corrected chi connectivity index (χ3v) is 5.01. The molecule has 0 unspecified atom stereocenters. The van der Waals surface area contributed by atoms with Gasteiger partial charge in [-0.2, -0.15) is 5.10 Å². The molecule has 1 amide bonds. The molecule has 0 fully saturated rings. The summed E-state index contributed by atoms with van der Waals surface area (Å²) in [5.74, 6) is -0.394. The van der Waals surface area contributed by atoms with E-state index in [9.17, 15) is 23.3 Å². The first-order valence-electron chi connectivity index (χ1n) is 8.89. The van der Waals surface area contributed by atoms with Crippen molar-refractivity contribution in [1.29, 1.82) is 0 Å². The summed E-state index contributed by atoms with van der Waals surface area (Å²) < 4.78 is 30.4. The van der Waals surface area contributed by atoms with Crippen molar-refractivity contribution in [3.05, 3.63) is 69.8 Å². The van der Waals surface area contributed by atoms with Crippen LogP contribution in [-0.4, -0.2) is 49.9 Å². The van der Waals surface area contributed by atoms with Crippen LogP contribution in [0, 0.1) is 10.1 Å². The Morgan fingerprint density at radius 3 is 2.70 bits per heavy atom. The van der Waals surface area contributed by atoms with Crippen LogP contribution in [0.1, 0.15) is 23.6 Å². The molecule has 1 atom stereocenters. The Bertz CT molecular complexity index is 1120. The second-order valence-corrected chi connectivity index (χ2v) is 8.49. The Hall–Kier alpha value is -3.31. The Kier molecular flexibility index (Phi) is 6.13. The van der Waals surface area contributed by atoms with Crippen LogP contribution in [0.15, 0.2) is 53.6 Å². The number of non-ortho nitro benzene ring substituents is 1. The molecule has 2 aromatic carbocycles. The lowest BCUT2D eigenvalue weighted by atomic mass is 9.98. The maximum atomic E-state index is 12.5. The van der Waals surface area contributed by atoms with E-state index >= 15 is 0 Å². The first-order chi connectivity index (χ1) is 14.2. The predicted molar refractivity (Wildman–Crippen MR) is 111 cm³/mol. The van der Waals surface area contributed by atoms with E-state index in [1.807, 2.05) is 0 Å². The molecule has 0 bridgehead atoms. The molecule has 0 saturated heterocycles. The summed E-state index contributed by atoms with van der Waals surface area (Å²) in [6, 6.07) is 12.1. The smallest absolute Gasteiger partial charge is 0.269 e. The summed E-state index contributed by atoms with van der Waals surface area (Å²) in [6.45, 7) is -0.197. The molecule has 0 saturated carbocycles. The number of amides is 1. The standard InChI is InChI=1S/C19H20N4O6S/c1-29-12-19(24)22-18(14-6-4-8-16(10-14)23(25)26)11-17(20-22)13-5-3-7-15(9-13)21-30(2,27)28/h3-10,18,21H,11-12H2,1-2H3/t18-/m1/s1.